The van der Waals surface area contributed by atoms with Crippen molar-refractivity contribution in [1.82, 2.24) is 14.5 Å². The van der Waals surface area contributed by atoms with Gasteiger partial charge >= 0.3 is 0 Å². The van der Waals surface area contributed by atoms with Gasteiger partial charge in [-0.25, -0.2) is 14.4 Å². The molecule has 0 aliphatic rings. The van der Waals surface area contributed by atoms with Crippen molar-refractivity contribution in [2.24, 2.45) is 0 Å². The number of rotatable bonds is 1. The lowest BCUT2D eigenvalue weighted by atomic mass is 10.3. The Hall–Kier alpha value is -1.66. The van der Waals surface area contributed by atoms with Crippen LogP contribution in [0.2, 0.25) is 5.02 Å². The standard InChI is InChI=1S/C12H7BrClFN4/c13-8-2-1-7(4-9(8)15)19-11-10(18-12(19)16)3-6(14)5-17-11/h1-5H,(H2,16,18). The highest BCUT2D eigenvalue weighted by Crippen LogP contribution is 2.25. The van der Waals surface area contributed by atoms with Crippen molar-refractivity contribution >= 4 is 44.6 Å². The van der Waals surface area contributed by atoms with Crippen LogP contribution in [0.1, 0.15) is 0 Å². The van der Waals surface area contributed by atoms with E-state index < -0.39 is 0 Å². The highest BCUT2D eigenvalue weighted by atomic mass is 79.9. The average Bonchev–Trinajstić information content (AvgIpc) is 2.68. The van der Waals surface area contributed by atoms with Crippen LogP contribution in [0.5, 0.6) is 0 Å². The molecule has 2 heterocycles. The molecule has 0 fully saturated rings. The summed E-state index contributed by atoms with van der Waals surface area (Å²) in [6, 6.07) is 6.34. The van der Waals surface area contributed by atoms with E-state index in [2.05, 4.69) is 25.9 Å². The van der Waals surface area contributed by atoms with Crippen molar-refractivity contribution in [1.29, 1.82) is 0 Å². The number of nitrogens with zero attached hydrogens (tertiary/aromatic N) is 3. The molecule has 0 amide bonds. The van der Waals surface area contributed by atoms with E-state index in [1.165, 1.54) is 12.3 Å². The first-order chi connectivity index (χ1) is 9.06. The van der Waals surface area contributed by atoms with E-state index in [4.69, 9.17) is 17.3 Å². The predicted octanol–water partition coefficient (Wildman–Crippen LogP) is 3.56. The fourth-order valence-corrected chi connectivity index (χ4v) is 2.24. The summed E-state index contributed by atoms with van der Waals surface area (Å²) < 4.78 is 15.6. The highest BCUT2D eigenvalue weighted by Gasteiger charge is 2.13. The number of halogens is 3. The van der Waals surface area contributed by atoms with Gasteiger partial charge in [-0.15, -0.1) is 0 Å². The number of hydrogen-bond acceptors (Lipinski definition) is 3. The number of anilines is 1. The zero-order valence-electron chi connectivity index (χ0n) is 9.44. The molecular formula is C12H7BrClFN4. The van der Waals surface area contributed by atoms with Crippen molar-refractivity contribution in [2.75, 3.05) is 5.73 Å². The van der Waals surface area contributed by atoms with Gasteiger partial charge in [-0.3, -0.25) is 4.57 Å². The molecule has 0 bridgehead atoms. The number of imidazole rings is 1. The number of fused-ring (bicyclic) bond motifs is 1. The Morgan fingerprint density at radius 3 is 2.84 bits per heavy atom. The molecule has 0 radical (unpaired) electrons. The first kappa shape index (κ1) is 12.4. The fraction of sp³-hybridized carbons (Fsp3) is 0. The minimum Gasteiger partial charge on any atom is -0.369 e. The molecule has 3 rings (SSSR count). The van der Waals surface area contributed by atoms with E-state index in [0.717, 1.165) is 0 Å². The van der Waals surface area contributed by atoms with E-state index in [9.17, 15) is 4.39 Å². The van der Waals surface area contributed by atoms with E-state index in [1.807, 2.05) is 0 Å². The molecule has 0 aliphatic heterocycles. The summed E-state index contributed by atoms with van der Waals surface area (Å²) in [7, 11) is 0. The molecule has 2 N–H and O–H groups in total. The number of aromatic nitrogens is 3. The largest absolute Gasteiger partial charge is 0.369 e. The SMILES string of the molecule is Nc1nc2cc(Cl)cnc2n1-c1ccc(Br)c(F)c1. The number of pyridine rings is 1. The molecule has 0 saturated heterocycles. The van der Waals surface area contributed by atoms with E-state index in [0.29, 0.717) is 26.3 Å². The Morgan fingerprint density at radius 1 is 1.32 bits per heavy atom. The van der Waals surface area contributed by atoms with Gasteiger partial charge in [0.05, 0.1) is 15.2 Å². The van der Waals surface area contributed by atoms with E-state index >= 15 is 0 Å². The Morgan fingerprint density at radius 2 is 2.11 bits per heavy atom. The van der Waals surface area contributed by atoms with Crippen molar-refractivity contribution in [3.05, 3.63) is 45.8 Å². The van der Waals surface area contributed by atoms with Crippen molar-refractivity contribution in [3.8, 4) is 5.69 Å². The fourth-order valence-electron chi connectivity index (χ4n) is 1.84. The molecule has 0 saturated carbocycles. The van der Waals surface area contributed by atoms with Gasteiger partial charge in [-0.1, -0.05) is 11.6 Å². The molecule has 0 atom stereocenters. The molecule has 0 aliphatic carbocycles. The van der Waals surface area contributed by atoms with Gasteiger partial charge in [-0.2, -0.15) is 0 Å². The smallest absolute Gasteiger partial charge is 0.207 e. The highest BCUT2D eigenvalue weighted by molar-refractivity contribution is 9.10. The number of nitrogen functional groups attached to an aromatic ring is 1. The lowest BCUT2D eigenvalue weighted by molar-refractivity contribution is 0.620. The topological polar surface area (TPSA) is 56.7 Å². The quantitative estimate of drug-likeness (QED) is 0.736. The van der Waals surface area contributed by atoms with Crippen molar-refractivity contribution in [3.63, 3.8) is 0 Å². The molecule has 1 aromatic carbocycles. The lowest BCUT2D eigenvalue weighted by Crippen LogP contribution is -2.01. The van der Waals surface area contributed by atoms with Gasteiger partial charge in [0.2, 0.25) is 5.95 Å². The predicted molar refractivity (Wildman–Crippen MR) is 75.9 cm³/mol. The maximum atomic E-state index is 13.6. The van der Waals surface area contributed by atoms with Gasteiger partial charge in [0, 0.05) is 6.20 Å². The van der Waals surface area contributed by atoms with Gasteiger partial charge in [0.1, 0.15) is 11.3 Å². The van der Waals surface area contributed by atoms with E-state index in [1.54, 1.807) is 22.8 Å². The lowest BCUT2D eigenvalue weighted by Gasteiger charge is -2.06. The van der Waals surface area contributed by atoms with Gasteiger partial charge in [0.25, 0.3) is 0 Å². The van der Waals surface area contributed by atoms with E-state index in [-0.39, 0.29) is 11.8 Å². The molecule has 3 aromatic rings. The number of hydrogen-bond donors (Lipinski definition) is 1. The second-order valence-electron chi connectivity index (χ2n) is 3.90. The van der Waals surface area contributed by atoms with Crippen LogP contribution in [-0.4, -0.2) is 14.5 Å². The Bertz CT molecular complexity index is 787. The summed E-state index contributed by atoms with van der Waals surface area (Å²) >= 11 is 8.96. The minimum atomic E-state index is -0.382. The first-order valence-electron chi connectivity index (χ1n) is 5.31. The van der Waals surface area contributed by atoms with Crippen molar-refractivity contribution in [2.45, 2.75) is 0 Å². The van der Waals surface area contributed by atoms with Crippen LogP contribution in [0.15, 0.2) is 34.9 Å². The molecule has 0 unspecified atom stereocenters. The molecule has 96 valence electrons. The molecule has 0 spiro atoms. The maximum absolute atomic E-state index is 13.6. The zero-order chi connectivity index (χ0) is 13.6. The summed E-state index contributed by atoms with van der Waals surface area (Å²) in [5.74, 6) is -0.154. The molecule has 19 heavy (non-hydrogen) atoms. The van der Waals surface area contributed by atoms with Gasteiger partial charge < -0.3 is 5.73 Å². The van der Waals surface area contributed by atoms with Crippen LogP contribution in [0, 0.1) is 5.82 Å². The second kappa shape index (κ2) is 4.47. The van der Waals surface area contributed by atoms with Crippen LogP contribution in [0.3, 0.4) is 0 Å². The normalized spacial score (nSPS) is 11.1. The average molecular weight is 342 g/mol. The molecule has 4 nitrogen and oxygen atoms in total. The molecule has 2 aromatic heterocycles. The summed E-state index contributed by atoms with van der Waals surface area (Å²) in [6.07, 6.45) is 1.50. The monoisotopic (exact) mass is 340 g/mol. The Kier molecular flexibility index (Phi) is 2.91. The second-order valence-corrected chi connectivity index (χ2v) is 5.19. The Labute approximate surface area is 121 Å². The maximum Gasteiger partial charge on any atom is 0.207 e. The third-order valence-corrected chi connectivity index (χ3v) is 3.50. The minimum absolute atomic E-state index is 0.228. The van der Waals surface area contributed by atoms with Crippen LogP contribution >= 0.6 is 27.5 Å². The Balaban J connectivity index is 2.29. The van der Waals surface area contributed by atoms with Crippen LogP contribution < -0.4 is 5.73 Å². The third-order valence-electron chi connectivity index (χ3n) is 2.65. The van der Waals surface area contributed by atoms with Crippen molar-refractivity contribution < 1.29 is 4.39 Å². The number of nitrogens with two attached hydrogens (primary N) is 1. The van der Waals surface area contributed by atoms with Gasteiger partial charge in [0.15, 0.2) is 5.65 Å². The first-order valence-corrected chi connectivity index (χ1v) is 6.48. The van der Waals surface area contributed by atoms with Gasteiger partial charge in [-0.05, 0) is 40.2 Å². The summed E-state index contributed by atoms with van der Waals surface area (Å²) in [6.45, 7) is 0. The third kappa shape index (κ3) is 2.06. The van der Waals surface area contributed by atoms with Crippen LogP contribution in [-0.2, 0) is 0 Å². The molecule has 7 heteroatoms. The summed E-state index contributed by atoms with van der Waals surface area (Å²) in [5, 5.41) is 0.471. The summed E-state index contributed by atoms with van der Waals surface area (Å²) in [5.41, 5.74) is 7.50. The summed E-state index contributed by atoms with van der Waals surface area (Å²) in [4.78, 5) is 8.35. The molecular weight excluding hydrogens is 335 g/mol. The van der Waals surface area contributed by atoms with Crippen LogP contribution in [0.4, 0.5) is 10.3 Å². The zero-order valence-corrected chi connectivity index (χ0v) is 11.8. The number of benzene rings is 1. The van der Waals surface area contributed by atoms with Crippen LogP contribution in [0.25, 0.3) is 16.9 Å².